The average molecular weight is 755 g/mol. The number of esters is 2. The highest BCUT2D eigenvalue weighted by Gasteiger charge is 2.16. The molecule has 0 spiro atoms. The van der Waals surface area contributed by atoms with Crippen LogP contribution < -0.4 is 0 Å². The molecule has 0 aliphatic rings. The summed E-state index contributed by atoms with van der Waals surface area (Å²) in [4.78, 5) is 24.3. The molecule has 1 N–H and O–H groups in total. The summed E-state index contributed by atoms with van der Waals surface area (Å²) in [6.07, 6.45) is 58.8. The minimum atomic E-state index is -0.801. The van der Waals surface area contributed by atoms with Gasteiger partial charge in [-0.25, -0.2) is 0 Å². The summed E-state index contributed by atoms with van der Waals surface area (Å²) in [5, 5.41) is 9.58. The first-order valence-corrected chi connectivity index (χ1v) is 22.8. The van der Waals surface area contributed by atoms with Crippen LogP contribution >= 0.6 is 0 Å². The third-order valence-corrected chi connectivity index (χ3v) is 9.83. The van der Waals surface area contributed by atoms with E-state index < -0.39 is 6.10 Å². The molecule has 0 amide bonds. The summed E-state index contributed by atoms with van der Waals surface area (Å²) in [7, 11) is 0. The first kappa shape index (κ1) is 51.6. The van der Waals surface area contributed by atoms with Crippen molar-refractivity contribution in [3.8, 4) is 0 Å². The highest BCUT2D eigenvalue weighted by molar-refractivity contribution is 5.70. The molecular formula is C49H86O5. The molecule has 5 nitrogen and oxygen atoms in total. The molecule has 0 aromatic rings. The van der Waals surface area contributed by atoms with E-state index in [4.69, 9.17) is 9.47 Å². The number of carbonyl (C=O) groups is 2. The molecule has 0 aromatic heterocycles. The summed E-state index contributed by atoms with van der Waals surface area (Å²) in [6.45, 7) is 3.99. The second kappa shape index (κ2) is 45.0. The lowest BCUT2D eigenvalue weighted by atomic mass is 10.0. The van der Waals surface area contributed by atoms with Crippen LogP contribution in [0.1, 0.15) is 219 Å². The van der Waals surface area contributed by atoms with Crippen molar-refractivity contribution in [2.75, 3.05) is 13.2 Å². The number of aliphatic hydroxyl groups excluding tert-OH is 1. The largest absolute Gasteiger partial charge is 0.462 e. The van der Waals surface area contributed by atoms with E-state index in [2.05, 4.69) is 74.6 Å². The van der Waals surface area contributed by atoms with Gasteiger partial charge in [-0.3, -0.25) is 9.59 Å². The van der Waals surface area contributed by atoms with Crippen LogP contribution in [0.2, 0.25) is 0 Å². The van der Waals surface area contributed by atoms with Gasteiger partial charge in [0.15, 0.2) is 6.10 Å². The van der Waals surface area contributed by atoms with E-state index in [0.717, 1.165) is 57.8 Å². The topological polar surface area (TPSA) is 72.8 Å². The van der Waals surface area contributed by atoms with Gasteiger partial charge in [-0.05, 0) is 51.4 Å². The molecule has 0 rings (SSSR count). The van der Waals surface area contributed by atoms with Crippen LogP contribution in [0.25, 0.3) is 0 Å². The first-order chi connectivity index (χ1) is 26.6. The molecule has 1 atom stereocenters. The minimum Gasteiger partial charge on any atom is -0.462 e. The van der Waals surface area contributed by atoms with Gasteiger partial charge in [0.1, 0.15) is 6.61 Å². The molecular weight excluding hydrogens is 669 g/mol. The Morgan fingerprint density at radius 3 is 1.19 bits per heavy atom. The lowest BCUT2D eigenvalue weighted by molar-refractivity contribution is -0.161. The Morgan fingerprint density at radius 2 is 0.796 bits per heavy atom. The third-order valence-electron chi connectivity index (χ3n) is 9.83. The van der Waals surface area contributed by atoms with Gasteiger partial charge < -0.3 is 14.6 Å². The van der Waals surface area contributed by atoms with Gasteiger partial charge in [0, 0.05) is 12.8 Å². The summed E-state index contributed by atoms with van der Waals surface area (Å²) in [6, 6.07) is 0. The van der Waals surface area contributed by atoms with Crippen LogP contribution in [0, 0.1) is 0 Å². The molecule has 54 heavy (non-hydrogen) atoms. The molecule has 0 aliphatic carbocycles. The van der Waals surface area contributed by atoms with Crippen LogP contribution in [0.3, 0.4) is 0 Å². The lowest BCUT2D eigenvalue weighted by Crippen LogP contribution is -2.28. The van der Waals surface area contributed by atoms with Crippen molar-refractivity contribution < 1.29 is 24.2 Å². The number of allylic oxidation sites excluding steroid dienone is 10. The van der Waals surface area contributed by atoms with Gasteiger partial charge in [0.2, 0.25) is 0 Å². The number of aliphatic hydroxyl groups is 1. The molecule has 0 heterocycles. The molecule has 0 fully saturated rings. The van der Waals surface area contributed by atoms with E-state index in [1.54, 1.807) is 0 Å². The van der Waals surface area contributed by atoms with Crippen molar-refractivity contribution >= 4 is 11.9 Å². The van der Waals surface area contributed by atoms with Crippen molar-refractivity contribution in [3.05, 3.63) is 60.8 Å². The lowest BCUT2D eigenvalue weighted by Gasteiger charge is -2.15. The zero-order valence-corrected chi connectivity index (χ0v) is 35.5. The Hall–Kier alpha value is -2.40. The van der Waals surface area contributed by atoms with E-state index in [0.29, 0.717) is 12.8 Å². The van der Waals surface area contributed by atoms with Crippen LogP contribution in [0.5, 0.6) is 0 Å². The fourth-order valence-corrected chi connectivity index (χ4v) is 6.41. The van der Waals surface area contributed by atoms with Crippen LogP contribution in [0.15, 0.2) is 60.8 Å². The number of unbranched alkanes of at least 4 members (excludes halogenated alkanes) is 23. The van der Waals surface area contributed by atoms with Gasteiger partial charge in [-0.1, -0.05) is 216 Å². The summed E-state index contributed by atoms with van der Waals surface area (Å²) >= 11 is 0. The molecule has 0 saturated heterocycles. The summed E-state index contributed by atoms with van der Waals surface area (Å²) in [5.74, 6) is -0.654. The maximum atomic E-state index is 12.2. The zero-order chi connectivity index (χ0) is 39.3. The van der Waals surface area contributed by atoms with Crippen molar-refractivity contribution in [1.29, 1.82) is 0 Å². The minimum absolute atomic E-state index is 0.0881. The predicted molar refractivity (Wildman–Crippen MR) is 233 cm³/mol. The zero-order valence-electron chi connectivity index (χ0n) is 35.5. The Labute approximate surface area is 334 Å². The van der Waals surface area contributed by atoms with E-state index in [1.165, 1.54) is 128 Å². The van der Waals surface area contributed by atoms with E-state index in [9.17, 15) is 14.7 Å². The van der Waals surface area contributed by atoms with E-state index >= 15 is 0 Å². The number of ether oxygens (including phenoxy) is 2. The fraction of sp³-hybridized carbons (Fsp3) is 0.755. The van der Waals surface area contributed by atoms with Crippen molar-refractivity contribution in [2.45, 2.75) is 225 Å². The second-order valence-corrected chi connectivity index (χ2v) is 15.1. The Morgan fingerprint density at radius 1 is 0.444 bits per heavy atom. The Balaban J connectivity index is 3.56. The quantitative estimate of drug-likeness (QED) is 0.0382. The number of carbonyl (C=O) groups excluding carboxylic acids is 2. The Bertz CT molecular complexity index is 946. The Kier molecular flexibility index (Phi) is 43.0. The van der Waals surface area contributed by atoms with Gasteiger partial charge >= 0.3 is 11.9 Å². The molecule has 0 radical (unpaired) electrons. The van der Waals surface area contributed by atoms with Gasteiger partial charge in [0.05, 0.1) is 6.61 Å². The smallest absolute Gasteiger partial charge is 0.306 e. The normalized spacial score (nSPS) is 12.7. The fourth-order valence-electron chi connectivity index (χ4n) is 6.41. The molecule has 0 aliphatic heterocycles. The molecule has 5 heteroatoms. The van der Waals surface area contributed by atoms with Crippen LogP contribution in [0.4, 0.5) is 0 Å². The number of hydrogen-bond donors (Lipinski definition) is 1. The van der Waals surface area contributed by atoms with Crippen molar-refractivity contribution in [3.63, 3.8) is 0 Å². The maximum Gasteiger partial charge on any atom is 0.306 e. The van der Waals surface area contributed by atoms with Gasteiger partial charge in [-0.15, -0.1) is 0 Å². The molecule has 1 unspecified atom stereocenters. The highest BCUT2D eigenvalue weighted by atomic mass is 16.6. The second-order valence-electron chi connectivity index (χ2n) is 15.1. The van der Waals surface area contributed by atoms with Gasteiger partial charge in [-0.2, -0.15) is 0 Å². The standard InChI is InChI=1S/C49H86O5/c1-3-5-7-9-11-13-15-17-19-21-22-23-24-25-26-28-29-31-33-35-37-39-41-43-48(51)53-46-47(45-50)54-49(52)44-42-40-38-36-34-32-30-27-20-18-16-14-12-10-8-6-4-2/h6,8,12,14,18,20,30,32,36,38,47,50H,3-5,7,9-11,13,15-17,19,21-29,31,33-35,37,39-46H2,1-2H3/b8-6-,14-12-,20-18-,32-30-,38-36-. The molecule has 312 valence electrons. The van der Waals surface area contributed by atoms with E-state index in [1.807, 2.05) is 0 Å². The highest BCUT2D eigenvalue weighted by Crippen LogP contribution is 2.16. The van der Waals surface area contributed by atoms with Crippen LogP contribution in [-0.2, 0) is 19.1 Å². The summed E-state index contributed by atoms with van der Waals surface area (Å²) in [5.41, 5.74) is 0. The monoisotopic (exact) mass is 755 g/mol. The number of hydrogen-bond acceptors (Lipinski definition) is 5. The van der Waals surface area contributed by atoms with Crippen molar-refractivity contribution in [1.82, 2.24) is 0 Å². The van der Waals surface area contributed by atoms with Crippen LogP contribution in [-0.4, -0.2) is 36.4 Å². The summed E-state index contributed by atoms with van der Waals surface area (Å²) < 4.78 is 10.6. The maximum absolute atomic E-state index is 12.2. The van der Waals surface area contributed by atoms with Gasteiger partial charge in [0.25, 0.3) is 0 Å². The molecule has 0 bridgehead atoms. The molecule has 0 saturated carbocycles. The average Bonchev–Trinajstić information content (AvgIpc) is 3.17. The molecule has 0 aromatic carbocycles. The predicted octanol–water partition coefficient (Wildman–Crippen LogP) is 14.7. The van der Waals surface area contributed by atoms with E-state index in [-0.39, 0.29) is 31.6 Å². The number of rotatable bonds is 41. The SMILES string of the molecule is CC/C=C\C/C=C\C/C=C\C/C=C\C/C=C\CCCC(=O)OC(CO)COC(=O)CCCCCCCCCCCCCCCCCCCCCCCCC. The first-order valence-electron chi connectivity index (χ1n) is 22.8. The third kappa shape index (κ3) is 42.3. The van der Waals surface area contributed by atoms with Crippen molar-refractivity contribution in [2.24, 2.45) is 0 Å².